The van der Waals surface area contributed by atoms with Crippen LogP contribution in [0.1, 0.15) is 33.1 Å². The monoisotopic (exact) mass is 483 g/mol. The number of carbonyl (C=O) groups is 1. The molecule has 1 atom stereocenters. The summed E-state index contributed by atoms with van der Waals surface area (Å²) in [4.78, 5) is 32.6. The molecule has 1 aromatic heterocycles. The van der Waals surface area contributed by atoms with Gasteiger partial charge in [-0.15, -0.1) is 0 Å². The van der Waals surface area contributed by atoms with Crippen molar-refractivity contribution in [1.82, 2.24) is 14.5 Å². The number of hydrogen-bond donors (Lipinski definition) is 0. The lowest BCUT2D eigenvalue weighted by Crippen LogP contribution is -2.43. The predicted octanol–water partition coefficient (Wildman–Crippen LogP) is 2.98. The summed E-state index contributed by atoms with van der Waals surface area (Å²) in [7, 11) is -3.07. The Bertz CT molecular complexity index is 1180. The normalized spacial score (nSPS) is 20.5. The van der Waals surface area contributed by atoms with Crippen LogP contribution in [0.25, 0.3) is 10.9 Å². The van der Waals surface area contributed by atoms with Crippen molar-refractivity contribution in [2.45, 2.75) is 56.9 Å². The third-order valence-electron chi connectivity index (χ3n) is 5.58. The first-order valence-electron chi connectivity index (χ1n) is 10.5. The molecular weight excluding hydrogens is 458 g/mol. The van der Waals surface area contributed by atoms with Crippen LogP contribution in [0.2, 0.25) is 5.02 Å². The highest BCUT2D eigenvalue weighted by molar-refractivity contribution is 7.99. The molecule has 1 amide bonds. The zero-order valence-electron chi connectivity index (χ0n) is 17.6. The number of hydrogen-bond acceptors (Lipinski definition) is 6. The van der Waals surface area contributed by atoms with E-state index in [1.807, 2.05) is 13.8 Å². The second kappa shape index (κ2) is 8.75. The number of carbonyl (C=O) groups excluding carboxylic acids is 1. The van der Waals surface area contributed by atoms with Gasteiger partial charge in [-0.25, -0.2) is 13.4 Å². The molecule has 1 saturated carbocycles. The highest BCUT2D eigenvalue weighted by Gasteiger charge is 2.42. The minimum atomic E-state index is -3.07. The molecule has 1 aromatic carbocycles. The van der Waals surface area contributed by atoms with E-state index in [4.69, 9.17) is 11.6 Å². The molecule has 0 N–H and O–H groups in total. The summed E-state index contributed by atoms with van der Waals surface area (Å²) in [5, 5.41) is 1.43. The van der Waals surface area contributed by atoms with E-state index in [9.17, 15) is 18.0 Å². The van der Waals surface area contributed by atoms with E-state index >= 15 is 0 Å². The van der Waals surface area contributed by atoms with Crippen molar-refractivity contribution >= 4 is 50.0 Å². The maximum Gasteiger partial charge on any atom is 0.262 e. The zero-order valence-corrected chi connectivity index (χ0v) is 20.0. The van der Waals surface area contributed by atoms with Crippen LogP contribution in [-0.2, 0) is 21.2 Å². The molecule has 1 unspecified atom stereocenters. The van der Waals surface area contributed by atoms with Gasteiger partial charge in [-0.1, -0.05) is 37.2 Å². The van der Waals surface area contributed by atoms with Gasteiger partial charge in [-0.2, -0.15) is 0 Å². The van der Waals surface area contributed by atoms with E-state index in [2.05, 4.69) is 4.98 Å². The number of amides is 1. The lowest BCUT2D eigenvalue weighted by molar-refractivity contribution is -0.130. The molecule has 0 radical (unpaired) electrons. The van der Waals surface area contributed by atoms with Crippen molar-refractivity contribution in [3.63, 3.8) is 0 Å². The third kappa shape index (κ3) is 5.09. The topological polar surface area (TPSA) is 89.3 Å². The van der Waals surface area contributed by atoms with E-state index in [-0.39, 0.29) is 46.7 Å². The average molecular weight is 484 g/mol. The van der Waals surface area contributed by atoms with Gasteiger partial charge in [0, 0.05) is 23.7 Å². The molecule has 0 spiro atoms. The fourth-order valence-electron chi connectivity index (χ4n) is 4.06. The average Bonchev–Trinajstić information content (AvgIpc) is 3.45. The first-order chi connectivity index (χ1) is 14.6. The van der Waals surface area contributed by atoms with Gasteiger partial charge in [0.15, 0.2) is 15.0 Å². The standard InChI is InChI=1S/C21H26ClN3O4S2/c1-13(2)10-24-20(27)17-9-14(22)3-6-18(17)23-21(24)30-11-19(26)25(15-4-5-15)16-7-8-31(28,29)12-16/h3,6,9,13,15-16H,4-5,7-8,10-12H2,1-2H3. The number of fused-ring (bicyclic) bond motifs is 1. The minimum absolute atomic E-state index is 0.0486. The molecule has 2 fully saturated rings. The lowest BCUT2D eigenvalue weighted by Gasteiger charge is -2.28. The second-order valence-electron chi connectivity index (χ2n) is 8.74. The van der Waals surface area contributed by atoms with Gasteiger partial charge >= 0.3 is 0 Å². The van der Waals surface area contributed by atoms with Crippen LogP contribution in [0.3, 0.4) is 0 Å². The summed E-state index contributed by atoms with van der Waals surface area (Å²) >= 11 is 7.31. The number of thioether (sulfide) groups is 1. The Balaban J connectivity index is 1.59. The molecule has 1 aliphatic heterocycles. The summed E-state index contributed by atoms with van der Waals surface area (Å²) in [5.74, 6) is 0.446. The molecule has 31 heavy (non-hydrogen) atoms. The second-order valence-corrected chi connectivity index (χ2v) is 12.4. The Morgan fingerprint density at radius 1 is 1.29 bits per heavy atom. The quantitative estimate of drug-likeness (QED) is 0.444. The number of aromatic nitrogens is 2. The summed E-state index contributed by atoms with van der Waals surface area (Å²) in [5.41, 5.74) is 0.377. The SMILES string of the molecule is CC(C)Cn1c(SCC(=O)N(C2CC2)C2CCS(=O)(=O)C2)nc2ccc(Cl)cc2c1=O. The van der Waals surface area contributed by atoms with Gasteiger partial charge in [0.05, 0.1) is 28.2 Å². The van der Waals surface area contributed by atoms with E-state index in [1.165, 1.54) is 11.8 Å². The van der Waals surface area contributed by atoms with Crippen molar-refractivity contribution < 1.29 is 13.2 Å². The zero-order chi connectivity index (χ0) is 22.3. The summed E-state index contributed by atoms with van der Waals surface area (Å²) in [6.45, 7) is 4.52. The minimum Gasteiger partial charge on any atom is -0.335 e. The van der Waals surface area contributed by atoms with Crippen LogP contribution >= 0.6 is 23.4 Å². The first-order valence-corrected chi connectivity index (χ1v) is 13.7. The lowest BCUT2D eigenvalue weighted by atomic mass is 10.2. The van der Waals surface area contributed by atoms with Gasteiger partial charge < -0.3 is 4.90 Å². The van der Waals surface area contributed by atoms with Crippen LogP contribution < -0.4 is 5.56 Å². The number of sulfone groups is 1. The van der Waals surface area contributed by atoms with Gasteiger partial charge in [0.25, 0.3) is 5.56 Å². The summed E-state index contributed by atoms with van der Waals surface area (Å²) < 4.78 is 25.5. The fourth-order valence-corrected chi connectivity index (χ4v) is 6.82. The number of halogens is 1. The highest BCUT2D eigenvalue weighted by Crippen LogP contribution is 2.33. The molecular formula is C21H26ClN3O4S2. The van der Waals surface area contributed by atoms with Crippen LogP contribution in [0, 0.1) is 5.92 Å². The van der Waals surface area contributed by atoms with Crippen molar-refractivity contribution in [1.29, 1.82) is 0 Å². The van der Waals surface area contributed by atoms with Crippen LogP contribution in [-0.4, -0.2) is 58.1 Å². The molecule has 4 rings (SSSR count). The van der Waals surface area contributed by atoms with Crippen molar-refractivity contribution in [3.8, 4) is 0 Å². The molecule has 1 saturated heterocycles. The van der Waals surface area contributed by atoms with Crippen molar-refractivity contribution in [2.24, 2.45) is 5.92 Å². The summed E-state index contributed by atoms with van der Waals surface area (Å²) in [6, 6.07) is 4.92. The van der Waals surface area contributed by atoms with E-state index in [0.717, 1.165) is 12.8 Å². The van der Waals surface area contributed by atoms with Crippen LogP contribution in [0.15, 0.2) is 28.2 Å². The molecule has 1 aliphatic carbocycles. The fraction of sp³-hybridized carbons (Fsp3) is 0.571. The number of benzene rings is 1. The first kappa shape index (κ1) is 22.6. The molecule has 7 nitrogen and oxygen atoms in total. The maximum atomic E-state index is 13.1. The third-order valence-corrected chi connectivity index (χ3v) is 8.53. The molecule has 10 heteroatoms. The Morgan fingerprint density at radius 3 is 2.65 bits per heavy atom. The van der Waals surface area contributed by atoms with Crippen molar-refractivity contribution in [3.05, 3.63) is 33.6 Å². The largest absolute Gasteiger partial charge is 0.335 e. The molecule has 2 aliphatic rings. The Kier molecular flexibility index (Phi) is 6.38. The van der Waals surface area contributed by atoms with E-state index < -0.39 is 9.84 Å². The number of rotatable bonds is 7. The molecule has 2 aromatic rings. The maximum absolute atomic E-state index is 13.1. The molecule has 168 valence electrons. The summed E-state index contributed by atoms with van der Waals surface area (Å²) in [6.07, 6.45) is 2.34. The van der Waals surface area contributed by atoms with Gasteiger partial charge in [0.2, 0.25) is 5.91 Å². The Hall–Kier alpha value is -1.58. The predicted molar refractivity (Wildman–Crippen MR) is 124 cm³/mol. The Labute approximate surface area is 191 Å². The molecule has 2 heterocycles. The van der Waals surface area contributed by atoms with Crippen LogP contribution in [0.5, 0.6) is 0 Å². The molecule has 0 bridgehead atoms. The van der Waals surface area contributed by atoms with Crippen molar-refractivity contribution in [2.75, 3.05) is 17.3 Å². The Morgan fingerprint density at radius 2 is 2.03 bits per heavy atom. The van der Waals surface area contributed by atoms with Crippen LogP contribution in [0.4, 0.5) is 0 Å². The van der Waals surface area contributed by atoms with Gasteiger partial charge in [-0.3, -0.25) is 14.2 Å². The smallest absolute Gasteiger partial charge is 0.262 e. The van der Waals surface area contributed by atoms with Gasteiger partial charge in [-0.05, 0) is 43.4 Å². The van der Waals surface area contributed by atoms with E-state index in [1.54, 1.807) is 27.7 Å². The van der Waals surface area contributed by atoms with E-state index in [0.29, 0.717) is 34.0 Å². The highest BCUT2D eigenvalue weighted by atomic mass is 35.5. The van der Waals surface area contributed by atoms with Gasteiger partial charge in [0.1, 0.15) is 0 Å². The number of nitrogens with zero attached hydrogens (tertiary/aromatic N) is 3.